The van der Waals surface area contributed by atoms with Gasteiger partial charge in [0, 0.05) is 26.2 Å². The highest BCUT2D eigenvalue weighted by atomic mass is 16.5. The van der Waals surface area contributed by atoms with E-state index in [4.69, 9.17) is 4.74 Å². The lowest BCUT2D eigenvalue weighted by molar-refractivity contribution is -0.155. The Morgan fingerprint density at radius 3 is 2.41 bits per heavy atom. The Hall–Kier alpha value is -2.81. The van der Waals surface area contributed by atoms with Crippen molar-refractivity contribution in [3.05, 3.63) is 24.3 Å². The van der Waals surface area contributed by atoms with E-state index in [0.717, 1.165) is 24.3 Å². The smallest absolute Gasteiger partial charge is 0.245 e. The number of amides is 3. The number of hydrogen-bond acceptors (Lipinski definition) is 6. The summed E-state index contributed by atoms with van der Waals surface area (Å²) in [6.45, 7) is 10.1. The first-order chi connectivity index (χ1) is 16.1. The van der Waals surface area contributed by atoms with Crippen molar-refractivity contribution in [2.45, 2.75) is 53.0 Å². The molecule has 0 bridgehead atoms. The average Bonchev–Trinajstić information content (AvgIpc) is 2.83. The second-order valence-electron chi connectivity index (χ2n) is 9.86. The van der Waals surface area contributed by atoms with E-state index >= 15 is 0 Å². The summed E-state index contributed by atoms with van der Waals surface area (Å²) in [4.78, 5) is 41.5. The first-order valence-corrected chi connectivity index (χ1v) is 12.0. The van der Waals surface area contributed by atoms with E-state index in [1.54, 1.807) is 12.0 Å². The molecule has 2 N–H and O–H groups in total. The summed E-state index contributed by atoms with van der Waals surface area (Å²) in [6, 6.07) is 7.11. The second kappa shape index (κ2) is 12.6. The number of piperazine rings is 1. The lowest BCUT2D eigenvalue weighted by atomic mass is 9.85. The van der Waals surface area contributed by atoms with Crippen molar-refractivity contribution >= 4 is 23.9 Å². The van der Waals surface area contributed by atoms with Gasteiger partial charge in [0.2, 0.25) is 18.2 Å². The molecule has 2 atom stereocenters. The van der Waals surface area contributed by atoms with Crippen molar-refractivity contribution in [3.8, 4) is 5.75 Å². The first-order valence-electron chi connectivity index (χ1n) is 12.0. The van der Waals surface area contributed by atoms with Crippen molar-refractivity contribution < 1.29 is 24.3 Å². The monoisotopic (exact) mass is 476 g/mol. The molecule has 9 nitrogen and oxygen atoms in total. The maximum atomic E-state index is 13.5. The number of unbranched alkanes of at least 4 members (excludes halogenated alkanes) is 1. The molecular weight excluding hydrogens is 436 g/mol. The molecule has 1 fully saturated rings. The number of hydroxylamine groups is 2. The molecule has 1 heterocycles. The third-order valence-corrected chi connectivity index (χ3v) is 6.22. The summed E-state index contributed by atoms with van der Waals surface area (Å²) in [5, 5.41) is 13.1. The zero-order valence-corrected chi connectivity index (χ0v) is 21.1. The van der Waals surface area contributed by atoms with Gasteiger partial charge >= 0.3 is 0 Å². The van der Waals surface area contributed by atoms with E-state index < -0.39 is 17.4 Å². The van der Waals surface area contributed by atoms with Crippen LogP contribution in [0.1, 0.15) is 47.0 Å². The number of ether oxygens (including phenoxy) is 1. The van der Waals surface area contributed by atoms with Crippen LogP contribution < -0.4 is 15.0 Å². The van der Waals surface area contributed by atoms with E-state index in [2.05, 4.69) is 10.2 Å². The summed E-state index contributed by atoms with van der Waals surface area (Å²) in [7, 11) is 1.65. The number of methoxy groups -OCH3 is 1. The normalized spacial score (nSPS) is 15.9. The Morgan fingerprint density at radius 1 is 1.21 bits per heavy atom. The minimum absolute atomic E-state index is 0.0992. The molecule has 0 aromatic heterocycles. The Balaban J connectivity index is 2.09. The molecule has 1 saturated heterocycles. The van der Waals surface area contributed by atoms with E-state index in [9.17, 15) is 19.6 Å². The van der Waals surface area contributed by atoms with Crippen LogP contribution in [0.25, 0.3) is 0 Å². The predicted molar refractivity (Wildman–Crippen MR) is 131 cm³/mol. The fourth-order valence-corrected chi connectivity index (χ4v) is 4.17. The number of nitrogens with zero attached hydrogens (tertiary/aromatic N) is 3. The SMILES string of the molecule is CCCCC(CN(O)C=O)C(=O)NC(C(=O)N1CCN(c2ccccc2OC)CC1)C(C)(C)C. The molecule has 2 unspecified atom stereocenters. The Kier molecular flexibility index (Phi) is 10.2. The number of carbonyl (C=O) groups excluding carboxylic acids is 3. The Morgan fingerprint density at radius 2 is 1.85 bits per heavy atom. The maximum absolute atomic E-state index is 13.5. The summed E-state index contributed by atoms with van der Waals surface area (Å²) in [5.74, 6) is -0.232. The van der Waals surface area contributed by atoms with Crippen LogP contribution in [0.2, 0.25) is 0 Å². The van der Waals surface area contributed by atoms with Gasteiger partial charge in [0.15, 0.2) is 0 Å². The number of rotatable bonds is 11. The molecule has 34 heavy (non-hydrogen) atoms. The molecule has 2 rings (SSSR count). The largest absolute Gasteiger partial charge is 0.495 e. The number of carbonyl (C=O) groups is 3. The molecule has 1 aliphatic heterocycles. The van der Waals surface area contributed by atoms with Gasteiger partial charge in [-0.05, 0) is 24.0 Å². The molecule has 1 aromatic carbocycles. The van der Waals surface area contributed by atoms with Gasteiger partial charge in [-0.25, -0.2) is 5.06 Å². The minimum Gasteiger partial charge on any atom is -0.495 e. The molecule has 0 saturated carbocycles. The van der Waals surface area contributed by atoms with E-state index in [1.165, 1.54) is 0 Å². The summed E-state index contributed by atoms with van der Waals surface area (Å²) in [5.41, 5.74) is 0.492. The Bertz CT molecular complexity index is 818. The second-order valence-corrected chi connectivity index (χ2v) is 9.86. The predicted octanol–water partition coefficient (Wildman–Crippen LogP) is 2.53. The molecule has 9 heteroatoms. The van der Waals surface area contributed by atoms with Gasteiger partial charge in [-0.2, -0.15) is 0 Å². The van der Waals surface area contributed by atoms with Crippen LogP contribution in [0.4, 0.5) is 5.69 Å². The summed E-state index contributed by atoms with van der Waals surface area (Å²) in [6.07, 6.45) is 2.48. The lowest BCUT2D eigenvalue weighted by Crippen LogP contribution is -2.59. The zero-order valence-electron chi connectivity index (χ0n) is 21.1. The highest BCUT2D eigenvalue weighted by Gasteiger charge is 2.38. The first kappa shape index (κ1) is 27.4. The van der Waals surface area contributed by atoms with Gasteiger partial charge in [-0.15, -0.1) is 0 Å². The molecule has 1 aliphatic rings. The maximum Gasteiger partial charge on any atom is 0.245 e. The van der Waals surface area contributed by atoms with Crippen LogP contribution in [-0.4, -0.2) is 79.3 Å². The van der Waals surface area contributed by atoms with Crippen LogP contribution in [0, 0.1) is 11.3 Å². The molecule has 0 radical (unpaired) electrons. The third kappa shape index (κ3) is 7.35. The topological polar surface area (TPSA) is 102 Å². The van der Waals surface area contributed by atoms with Crippen LogP contribution in [-0.2, 0) is 14.4 Å². The van der Waals surface area contributed by atoms with Crippen molar-refractivity contribution in [1.29, 1.82) is 0 Å². The molecule has 3 amide bonds. The third-order valence-electron chi connectivity index (χ3n) is 6.22. The fraction of sp³-hybridized carbons (Fsp3) is 0.640. The molecule has 1 aromatic rings. The van der Waals surface area contributed by atoms with Crippen molar-refractivity contribution in [3.63, 3.8) is 0 Å². The van der Waals surface area contributed by atoms with Crippen LogP contribution in [0.3, 0.4) is 0 Å². The highest BCUT2D eigenvalue weighted by Crippen LogP contribution is 2.29. The number of anilines is 1. The quantitative estimate of drug-likeness (QED) is 0.289. The molecular formula is C25H40N4O5. The van der Waals surface area contributed by atoms with Crippen molar-refractivity contribution in [2.75, 3.05) is 44.7 Å². The number of nitrogens with one attached hydrogen (secondary N) is 1. The number of benzene rings is 1. The van der Waals surface area contributed by atoms with Gasteiger partial charge in [0.05, 0.1) is 25.3 Å². The number of para-hydroxylation sites is 2. The summed E-state index contributed by atoms with van der Waals surface area (Å²) >= 11 is 0. The minimum atomic E-state index is -0.717. The average molecular weight is 477 g/mol. The Labute approximate surface area is 203 Å². The van der Waals surface area contributed by atoms with Crippen molar-refractivity contribution in [2.24, 2.45) is 11.3 Å². The van der Waals surface area contributed by atoms with Crippen LogP contribution in [0.5, 0.6) is 5.75 Å². The van der Waals surface area contributed by atoms with E-state index in [0.29, 0.717) is 44.1 Å². The van der Waals surface area contributed by atoms with Gasteiger partial charge < -0.3 is 19.9 Å². The van der Waals surface area contributed by atoms with Gasteiger partial charge in [0.25, 0.3) is 0 Å². The molecule has 0 aliphatic carbocycles. The number of hydrogen-bond donors (Lipinski definition) is 2. The lowest BCUT2D eigenvalue weighted by Gasteiger charge is -2.40. The van der Waals surface area contributed by atoms with Gasteiger partial charge in [-0.1, -0.05) is 52.7 Å². The highest BCUT2D eigenvalue weighted by molar-refractivity contribution is 5.89. The standard InChI is InChI=1S/C25H40N4O5/c1-6-7-10-19(17-29(33)18-30)23(31)26-22(25(2,3)4)24(32)28-15-13-27(14-16-28)20-11-8-9-12-21(20)34-5/h8-9,11-12,18-19,22,33H,6-7,10,13-17H2,1-5H3,(H,26,31). The van der Waals surface area contributed by atoms with Crippen LogP contribution >= 0.6 is 0 Å². The zero-order chi connectivity index (χ0) is 25.3. The van der Waals surface area contributed by atoms with Crippen molar-refractivity contribution in [1.82, 2.24) is 15.3 Å². The fourth-order valence-electron chi connectivity index (χ4n) is 4.17. The van der Waals surface area contributed by atoms with E-state index in [1.807, 2.05) is 52.0 Å². The van der Waals surface area contributed by atoms with E-state index in [-0.39, 0.29) is 18.4 Å². The molecule has 0 spiro atoms. The summed E-state index contributed by atoms with van der Waals surface area (Å²) < 4.78 is 5.47. The van der Waals surface area contributed by atoms with Gasteiger partial charge in [-0.3, -0.25) is 19.6 Å². The van der Waals surface area contributed by atoms with Gasteiger partial charge in [0.1, 0.15) is 11.8 Å². The molecule has 190 valence electrons. The van der Waals surface area contributed by atoms with Crippen LogP contribution in [0.15, 0.2) is 24.3 Å².